The van der Waals surface area contributed by atoms with Crippen molar-refractivity contribution >= 4 is 17.8 Å². The van der Waals surface area contributed by atoms with E-state index in [0.717, 1.165) is 36.4 Å². The molecule has 0 aliphatic carbocycles. The van der Waals surface area contributed by atoms with Gasteiger partial charge in [-0.15, -0.1) is 0 Å². The van der Waals surface area contributed by atoms with E-state index in [9.17, 15) is 14.4 Å². The molecule has 2 saturated heterocycles. The lowest BCUT2D eigenvalue weighted by atomic mass is 10.1. The molecular formula is C18H23N3O5. The summed E-state index contributed by atoms with van der Waals surface area (Å²) in [6.07, 6.45) is 1.98. The number of hydrogen-bond acceptors (Lipinski definition) is 5. The third-order valence-corrected chi connectivity index (χ3v) is 4.73. The summed E-state index contributed by atoms with van der Waals surface area (Å²) in [5.41, 5.74) is 0.734. The highest BCUT2D eigenvalue weighted by Crippen LogP contribution is 2.28. The van der Waals surface area contributed by atoms with Crippen LogP contribution in [0.1, 0.15) is 24.8 Å². The smallest absolute Gasteiger partial charge is 0.325 e. The van der Waals surface area contributed by atoms with Gasteiger partial charge in [-0.1, -0.05) is 6.07 Å². The zero-order chi connectivity index (χ0) is 18.7. The van der Waals surface area contributed by atoms with Gasteiger partial charge in [0.15, 0.2) is 11.5 Å². The fourth-order valence-corrected chi connectivity index (χ4v) is 3.30. The molecule has 1 N–H and O–H groups in total. The number of benzene rings is 1. The van der Waals surface area contributed by atoms with E-state index in [2.05, 4.69) is 5.32 Å². The van der Waals surface area contributed by atoms with Crippen LogP contribution in [-0.4, -0.2) is 61.0 Å². The van der Waals surface area contributed by atoms with Crippen LogP contribution in [0.2, 0.25) is 0 Å². The minimum Gasteiger partial charge on any atom is -0.493 e. The van der Waals surface area contributed by atoms with Crippen LogP contribution >= 0.6 is 0 Å². The predicted octanol–water partition coefficient (Wildman–Crippen LogP) is 1.14. The van der Waals surface area contributed by atoms with E-state index in [1.165, 1.54) is 14.2 Å². The number of urea groups is 1. The molecule has 1 unspecified atom stereocenters. The highest BCUT2D eigenvalue weighted by atomic mass is 16.5. The van der Waals surface area contributed by atoms with Crippen molar-refractivity contribution in [3.8, 4) is 11.5 Å². The van der Waals surface area contributed by atoms with Gasteiger partial charge >= 0.3 is 6.03 Å². The molecule has 8 nitrogen and oxygen atoms in total. The number of nitrogens with one attached hydrogen (secondary N) is 1. The third-order valence-electron chi connectivity index (χ3n) is 4.73. The number of nitrogens with zero attached hydrogens (tertiary/aromatic N) is 2. The van der Waals surface area contributed by atoms with Crippen molar-refractivity contribution in [2.45, 2.75) is 31.8 Å². The predicted molar refractivity (Wildman–Crippen MR) is 92.8 cm³/mol. The van der Waals surface area contributed by atoms with E-state index in [4.69, 9.17) is 9.47 Å². The van der Waals surface area contributed by atoms with Gasteiger partial charge < -0.3 is 19.7 Å². The van der Waals surface area contributed by atoms with E-state index in [-0.39, 0.29) is 24.8 Å². The Labute approximate surface area is 152 Å². The Hall–Kier alpha value is -2.77. The second kappa shape index (κ2) is 7.63. The van der Waals surface area contributed by atoms with Crippen LogP contribution in [-0.2, 0) is 16.1 Å². The average Bonchev–Trinajstić information content (AvgIpc) is 3.26. The highest BCUT2D eigenvalue weighted by Gasteiger charge is 2.39. The summed E-state index contributed by atoms with van der Waals surface area (Å²) in [5.74, 6) is 0.631. The summed E-state index contributed by atoms with van der Waals surface area (Å²) in [4.78, 5) is 39.9. The van der Waals surface area contributed by atoms with E-state index < -0.39 is 12.1 Å². The molecule has 2 heterocycles. The fourth-order valence-electron chi connectivity index (χ4n) is 3.30. The maximum Gasteiger partial charge on any atom is 0.325 e. The molecule has 2 aliphatic rings. The molecule has 4 amide bonds. The van der Waals surface area contributed by atoms with E-state index in [1.54, 1.807) is 23.1 Å². The number of carbonyl (C=O) groups excluding carboxylic acids is 3. The van der Waals surface area contributed by atoms with Crippen LogP contribution < -0.4 is 14.8 Å². The fraction of sp³-hybridized carbons (Fsp3) is 0.500. The number of hydrogen-bond donors (Lipinski definition) is 1. The number of ether oxygens (including phenoxy) is 2. The summed E-state index contributed by atoms with van der Waals surface area (Å²) < 4.78 is 10.4. The van der Waals surface area contributed by atoms with Crippen molar-refractivity contribution < 1.29 is 23.9 Å². The normalized spacial score (nSPS) is 19.7. The molecule has 0 bridgehead atoms. The largest absolute Gasteiger partial charge is 0.493 e. The van der Waals surface area contributed by atoms with Crippen LogP contribution in [0.15, 0.2) is 18.2 Å². The maximum absolute atomic E-state index is 12.6. The Morgan fingerprint density at radius 3 is 2.50 bits per heavy atom. The van der Waals surface area contributed by atoms with Gasteiger partial charge in [-0.2, -0.15) is 0 Å². The van der Waals surface area contributed by atoms with Crippen LogP contribution in [0.5, 0.6) is 11.5 Å². The summed E-state index contributed by atoms with van der Waals surface area (Å²) in [7, 11) is 3.06. The lowest BCUT2D eigenvalue weighted by Crippen LogP contribution is -2.37. The second-order valence-corrected chi connectivity index (χ2v) is 6.41. The van der Waals surface area contributed by atoms with Crippen LogP contribution in [0.25, 0.3) is 0 Å². The molecule has 2 fully saturated rings. The van der Waals surface area contributed by atoms with Gasteiger partial charge in [0.25, 0.3) is 5.91 Å². The third kappa shape index (κ3) is 3.58. The Balaban J connectivity index is 1.66. The first-order valence-electron chi connectivity index (χ1n) is 8.64. The quantitative estimate of drug-likeness (QED) is 0.768. The molecule has 3 rings (SSSR count). The SMILES string of the molecule is COc1ccc(CN2C(=O)NC(CC(=O)N3CCCC3)C2=O)cc1OC. The molecule has 0 aromatic heterocycles. The van der Waals surface area contributed by atoms with Crippen molar-refractivity contribution in [1.29, 1.82) is 0 Å². The number of imide groups is 1. The van der Waals surface area contributed by atoms with Gasteiger partial charge in [-0.05, 0) is 30.5 Å². The number of carbonyl (C=O) groups is 3. The van der Waals surface area contributed by atoms with Crippen molar-refractivity contribution in [2.75, 3.05) is 27.3 Å². The maximum atomic E-state index is 12.6. The first-order chi connectivity index (χ1) is 12.5. The molecule has 2 aliphatic heterocycles. The Morgan fingerprint density at radius 2 is 1.85 bits per heavy atom. The molecular weight excluding hydrogens is 338 g/mol. The lowest BCUT2D eigenvalue weighted by molar-refractivity contribution is -0.135. The van der Waals surface area contributed by atoms with Crippen molar-refractivity contribution in [1.82, 2.24) is 15.1 Å². The molecule has 1 aromatic carbocycles. The molecule has 1 atom stereocenters. The number of methoxy groups -OCH3 is 2. The van der Waals surface area contributed by atoms with E-state index in [0.29, 0.717) is 11.5 Å². The number of amides is 4. The number of rotatable bonds is 6. The second-order valence-electron chi connectivity index (χ2n) is 6.41. The van der Waals surface area contributed by atoms with Gasteiger partial charge in [-0.3, -0.25) is 14.5 Å². The van der Waals surface area contributed by atoms with Crippen molar-refractivity contribution in [3.63, 3.8) is 0 Å². The summed E-state index contributed by atoms with van der Waals surface area (Å²) in [6.45, 7) is 1.56. The standard InChI is InChI=1S/C18H23N3O5/c1-25-14-6-5-12(9-15(14)26-2)11-21-17(23)13(19-18(21)24)10-16(22)20-7-3-4-8-20/h5-6,9,13H,3-4,7-8,10-11H2,1-2H3,(H,19,24). The van der Waals surface area contributed by atoms with Gasteiger partial charge in [0.1, 0.15) is 6.04 Å². The monoisotopic (exact) mass is 361 g/mol. The molecule has 26 heavy (non-hydrogen) atoms. The Morgan fingerprint density at radius 1 is 1.15 bits per heavy atom. The minimum atomic E-state index is -0.796. The van der Waals surface area contributed by atoms with Crippen LogP contribution in [0.4, 0.5) is 4.79 Å². The topological polar surface area (TPSA) is 88.2 Å². The minimum absolute atomic E-state index is 0.00695. The summed E-state index contributed by atoms with van der Waals surface area (Å²) >= 11 is 0. The Kier molecular flexibility index (Phi) is 5.29. The molecule has 1 aromatic rings. The van der Waals surface area contributed by atoms with Gasteiger partial charge in [-0.25, -0.2) is 4.79 Å². The highest BCUT2D eigenvalue weighted by molar-refractivity contribution is 6.05. The first-order valence-corrected chi connectivity index (χ1v) is 8.64. The van der Waals surface area contributed by atoms with Crippen LogP contribution in [0.3, 0.4) is 0 Å². The van der Waals surface area contributed by atoms with Crippen molar-refractivity contribution in [2.24, 2.45) is 0 Å². The van der Waals surface area contributed by atoms with Crippen LogP contribution in [0, 0.1) is 0 Å². The molecule has 8 heteroatoms. The first kappa shape index (κ1) is 18.0. The lowest BCUT2D eigenvalue weighted by Gasteiger charge is -2.17. The number of likely N-dealkylation sites (tertiary alicyclic amines) is 1. The van der Waals surface area contributed by atoms with E-state index >= 15 is 0 Å². The molecule has 140 valence electrons. The molecule has 0 saturated carbocycles. The summed E-state index contributed by atoms with van der Waals surface area (Å²) in [6, 6.07) is 3.94. The zero-order valence-corrected chi connectivity index (χ0v) is 15.0. The van der Waals surface area contributed by atoms with E-state index in [1.807, 2.05) is 0 Å². The molecule has 0 spiro atoms. The van der Waals surface area contributed by atoms with Gasteiger partial charge in [0.2, 0.25) is 5.91 Å². The molecule has 0 radical (unpaired) electrons. The average molecular weight is 361 g/mol. The summed E-state index contributed by atoms with van der Waals surface area (Å²) in [5, 5.41) is 2.61. The van der Waals surface area contributed by atoms with Gasteiger partial charge in [0, 0.05) is 13.1 Å². The zero-order valence-electron chi connectivity index (χ0n) is 15.0. The Bertz CT molecular complexity index is 715. The van der Waals surface area contributed by atoms with Crippen molar-refractivity contribution in [3.05, 3.63) is 23.8 Å². The van der Waals surface area contributed by atoms with Gasteiger partial charge in [0.05, 0.1) is 27.2 Å².